The van der Waals surface area contributed by atoms with E-state index in [0.29, 0.717) is 18.4 Å². The number of Topliss-reactive ketones (excluding diaryl/α,β-unsaturated/α-hetero) is 1. The van der Waals surface area contributed by atoms with Crippen molar-refractivity contribution < 1.29 is 14.3 Å². The fourth-order valence-corrected chi connectivity index (χ4v) is 4.38. The van der Waals surface area contributed by atoms with Crippen LogP contribution in [0.3, 0.4) is 0 Å². The number of rotatable bonds is 2. The van der Waals surface area contributed by atoms with Gasteiger partial charge in [0.1, 0.15) is 5.92 Å². The number of para-hydroxylation sites is 3. The average molecular weight is 387 g/mol. The average Bonchev–Trinajstić information content (AvgIpc) is 3.09. The fourth-order valence-electron chi connectivity index (χ4n) is 4.38. The molecule has 2 aliphatic rings. The van der Waals surface area contributed by atoms with Crippen molar-refractivity contribution in [3.8, 4) is 0 Å². The van der Waals surface area contributed by atoms with E-state index in [-0.39, 0.29) is 11.8 Å². The summed E-state index contributed by atoms with van der Waals surface area (Å²) in [7, 11) is 1.33. The second-order valence-corrected chi connectivity index (χ2v) is 7.41. The van der Waals surface area contributed by atoms with E-state index < -0.39 is 11.9 Å². The molecule has 2 heterocycles. The molecule has 3 N–H and O–H groups in total. The highest BCUT2D eigenvalue weighted by Crippen LogP contribution is 2.43. The smallest absolute Gasteiger partial charge is 0.316 e. The first-order chi connectivity index (χ1) is 14.2. The van der Waals surface area contributed by atoms with Crippen LogP contribution < -0.4 is 10.6 Å². The minimum absolute atomic E-state index is 0.179. The van der Waals surface area contributed by atoms with Crippen molar-refractivity contribution in [2.75, 3.05) is 17.7 Å². The lowest BCUT2D eigenvalue weighted by atomic mass is 9.80. The van der Waals surface area contributed by atoms with E-state index in [0.717, 1.165) is 33.5 Å². The van der Waals surface area contributed by atoms with Gasteiger partial charge in [0.25, 0.3) is 0 Å². The van der Waals surface area contributed by atoms with Gasteiger partial charge in [-0.15, -0.1) is 0 Å². The molecule has 0 saturated carbocycles. The first-order valence-electron chi connectivity index (χ1n) is 9.71. The van der Waals surface area contributed by atoms with Gasteiger partial charge in [0, 0.05) is 33.9 Å². The molecule has 0 amide bonds. The second-order valence-electron chi connectivity index (χ2n) is 7.41. The molecule has 1 aliphatic heterocycles. The Morgan fingerprint density at radius 2 is 1.83 bits per heavy atom. The maximum atomic E-state index is 13.5. The number of carbonyl (C=O) groups is 2. The van der Waals surface area contributed by atoms with Gasteiger partial charge in [0.2, 0.25) is 0 Å². The highest BCUT2D eigenvalue weighted by molar-refractivity contribution is 6.11. The summed E-state index contributed by atoms with van der Waals surface area (Å²) < 4.78 is 4.90. The number of nitrogens with one attached hydrogen (secondary N) is 3. The zero-order valence-electron chi connectivity index (χ0n) is 16.0. The molecule has 6 heteroatoms. The largest absolute Gasteiger partial charge is 0.468 e. The van der Waals surface area contributed by atoms with Crippen LogP contribution in [0.5, 0.6) is 0 Å². The minimum atomic E-state index is -0.767. The van der Waals surface area contributed by atoms with Crippen LogP contribution in [0.2, 0.25) is 0 Å². The maximum Gasteiger partial charge on any atom is 0.316 e. The number of aromatic nitrogens is 1. The summed E-state index contributed by atoms with van der Waals surface area (Å²) in [6, 6.07) is 15.5. The number of esters is 1. The lowest BCUT2D eigenvalue weighted by molar-refractivity contribution is -0.149. The van der Waals surface area contributed by atoms with Crippen molar-refractivity contribution in [2.24, 2.45) is 5.92 Å². The van der Waals surface area contributed by atoms with Crippen LogP contribution in [0.25, 0.3) is 10.9 Å². The number of carbonyl (C=O) groups excluding carboxylic acids is 2. The molecule has 146 valence electrons. The Labute approximate surface area is 167 Å². The molecule has 5 rings (SSSR count). The number of anilines is 2. The van der Waals surface area contributed by atoms with E-state index in [1.807, 2.05) is 54.7 Å². The number of benzene rings is 2. The summed E-state index contributed by atoms with van der Waals surface area (Å²) in [4.78, 5) is 29.0. The number of allylic oxidation sites excluding steroid dienone is 1. The van der Waals surface area contributed by atoms with Crippen molar-refractivity contribution in [2.45, 2.75) is 18.9 Å². The Kier molecular flexibility index (Phi) is 4.12. The Balaban J connectivity index is 1.69. The van der Waals surface area contributed by atoms with Crippen molar-refractivity contribution in [3.63, 3.8) is 0 Å². The van der Waals surface area contributed by atoms with Crippen molar-refractivity contribution in [1.29, 1.82) is 0 Å². The zero-order valence-corrected chi connectivity index (χ0v) is 16.0. The van der Waals surface area contributed by atoms with Gasteiger partial charge in [0.05, 0.1) is 24.5 Å². The van der Waals surface area contributed by atoms with Crippen LogP contribution in [-0.2, 0) is 14.3 Å². The van der Waals surface area contributed by atoms with Crippen molar-refractivity contribution >= 4 is 34.0 Å². The Bertz CT molecular complexity index is 1160. The molecular weight excluding hydrogens is 366 g/mol. The number of hydrogen-bond acceptors (Lipinski definition) is 5. The maximum absolute atomic E-state index is 13.5. The topological polar surface area (TPSA) is 83.2 Å². The summed E-state index contributed by atoms with van der Waals surface area (Å²) in [5.41, 5.74) is 5.29. The van der Waals surface area contributed by atoms with Gasteiger partial charge < -0.3 is 20.4 Å². The molecular formula is C23H21N3O3. The molecule has 6 nitrogen and oxygen atoms in total. The first-order valence-corrected chi connectivity index (χ1v) is 9.71. The standard InChI is InChI=1S/C23H21N3O3/c1-29-23(28)14-10-11-19-20(22(14)27)21(26-18-9-5-4-8-17(18)25-19)15-12-24-16-7-3-2-6-13(15)16/h2-9,12,14,21,24-26H,10-11H2,1H3. The van der Waals surface area contributed by atoms with E-state index >= 15 is 0 Å². The molecule has 0 bridgehead atoms. The number of hydrogen-bond donors (Lipinski definition) is 3. The summed E-state index contributed by atoms with van der Waals surface area (Å²) in [5, 5.41) is 8.04. The summed E-state index contributed by atoms with van der Waals surface area (Å²) in [6.07, 6.45) is 2.99. The lowest BCUT2D eigenvalue weighted by Gasteiger charge is -2.28. The number of aromatic amines is 1. The number of ketones is 1. The van der Waals surface area contributed by atoms with Crippen LogP contribution in [0.15, 0.2) is 66.0 Å². The zero-order chi connectivity index (χ0) is 20.0. The molecule has 2 aromatic carbocycles. The Morgan fingerprint density at radius 3 is 2.66 bits per heavy atom. The number of ether oxygens (including phenoxy) is 1. The van der Waals surface area contributed by atoms with Crippen LogP contribution in [0, 0.1) is 5.92 Å². The monoisotopic (exact) mass is 387 g/mol. The second kappa shape index (κ2) is 6.81. The minimum Gasteiger partial charge on any atom is -0.468 e. The van der Waals surface area contributed by atoms with Crippen molar-refractivity contribution in [1.82, 2.24) is 4.98 Å². The normalized spacial score (nSPS) is 20.9. The molecule has 0 fully saturated rings. The third kappa shape index (κ3) is 2.79. The van der Waals surface area contributed by atoms with Crippen LogP contribution in [-0.4, -0.2) is 23.8 Å². The first kappa shape index (κ1) is 17.6. The summed E-state index contributed by atoms with van der Waals surface area (Å²) >= 11 is 0. The van der Waals surface area contributed by atoms with E-state index in [9.17, 15) is 9.59 Å². The molecule has 0 radical (unpaired) electrons. The number of methoxy groups -OCH3 is 1. The third-order valence-electron chi connectivity index (χ3n) is 5.81. The van der Waals surface area contributed by atoms with E-state index in [1.54, 1.807) is 0 Å². The number of fused-ring (bicyclic) bond motifs is 2. The Hall–Kier alpha value is -3.54. The van der Waals surface area contributed by atoms with E-state index in [4.69, 9.17) is 4.74 Å². The molecule has 2 atom stereocenters. The van der Waals surface area contributed by atoms with Gasteiger partial charge in [-0.05, 0) is 31.0 Å². The van der Waals surface area contributed by atoms with Crippen LogP contribution >= 0.6 is 0 Å². The lowest BCUT2D eigenvalue weighted by Crippen LogP contribution is -2.34. The summed E-state index contributed by atoms with van der Waals surface area (Å²) in [5.74, 6) is -1.42. The van der Waals surface area contributed by atoms with Crippen LogP contribution in [0.1, 0.15) is 24.4 Å². The SMILES string of the molecule is COC(=O)C1CCC2=C(C1=O)C(c1c[nH]c3ccccc13)Nc1ccccc1N2. The van der Waals surface area contributed by atoms with Gasteiger partial charge in [-0.1, -0.05) is 30.3 Å². The van der Waals surface area contributed by atoms with Gasteiger partial charge in [-0.25, -0.2) is 0 Å². The fraction of sp³-hybridized carbons (Fsp3) is 0.217. The molecule has 2 unspecified atom stereocenters. The van der Waals surface area contributed by atoms with Crippen LogP contribution in [0.4, 0.5) is 11.4 Å². The van der Waals surface area contributed by atoms with E-state index in [1.165, 1.54) is 7.11 Å². The highest BCUT2D eigenvalue weighted by Gasteiger charge is 2.41. The third-order valence-corrected chi connectivity index (χ3v) is 5.81. The predicted molar refractivity (Wildman–Crippen MR) is 112 cm³/mol. The van der Waals surface area contributed by atoms with Gasteiger partial charge in [-0.2, -0.15) is 0 Å². The molecule has 0 saturated heterocycles. The van der Waals surface area contributed by atoms with Gasteiger partial charge in [-0.3, -0.25) is 9.59 Å². The van der Waals surface area contributed by atoms with E-state index in [2.05, 4.69) is 15.6 Å². The Morgan fingerprint density at radius 1 is 1.07 bits per heavy atom. The predicted octanol–water partition coefficient (Wildman–Crippen LogP) is 4.15. The molecule has 1 aromatic heterocycles. The highest BCUT2D eigenvalue weighted by atomic mass is 16.5. The summed E-state index contributed by atoms with van der Waals surface area (Å²) in [6.45, 7) is 0. The molecule has 0 spiro atoms. The molecule has 1 aliphatic carbocycles. The molecule has 29 heavy (non-hydrogen) atoms. The quantitative estimate of drug-likeness (QED) is 0.454. The van der Waals surface area contributed by atoms with Gasteiger partial charge in [0.15, 0.2) is 5.78 Å². The van der Waals surface area contributed by atoms with Gasteiger partial charge >= 0.3 is 5.97 Å². The molecule has 3 aromatic rings. The van der Waals surface area contributed by atoms with Crippen molar-refractivity contribution in [3.05, 3.63) is 71.6 Å². The number of H-pyrrole nitrogens is 1.